The number of rotatable bonds is 5. The second-order valence-corrected chi connectivity index (χ2v) is 7.02. The van der Waals surface area contributed by atoms with Gasteiger partial charge in [-0.2, -0.15) is 0 Å². The second-order valence-electron chi connectivity index (χ2n) is 7.02. The molecule has 0 saturated heterocycles. The van der Waals surface area contributed by atoms with Gasteiger partial charge in [0.05, 0.1) is 6.42 Å². The molecule has 5 nitrogen and oxygen atoms in total. The Morgan fingerprint density at radius 1 is 1.10 bits per heavy atom. The fraction of sp³-hybridized carbons (Fsp3) is 0.217. The number of fused-ring (bicyclic) bond motifs is 2. The van der Waals surface area contributed by atoms with Crippen LogP contribution in [0.5, 0.6) is 5.75 Å². The van der Waals surface area contributed by atoms with Gasteiger partial charge >= 0.3 is 0 Å². The lowest BCUT2D eigenvalue weighted by molar-refractivity contribution is -0.133. The molecule has 0 aliphatic carbocycles. The molecule has 0 spiro atoms. The lowest BCUT2D eigenvalue weighted by Gasteiger charge is -2.20. The molecule has 3 aromatic carbocycles. The van der Waals surface area contributed by atoms with Gasteiger partial charge in [0.15, 0.2) is 6.61 Å². The van der Waals surface area contributed by atoms with E-state index in [0.29, 0.717) is 24.4 Å². The van der Waals surface area contributed by atoms with Gasteiger partial charge in [-0.15, -0.1) is 0 Å². The van der Waals surface area contributed by atoms with Gasteiger partial charge in [0.1, 0.15) is 11.6 Å². The summed E-state index contributed by atoms with van der Waals surface area (Å²) in [5.41, 5.74) is 1.59. The van der Waals surface area contributed by atoms with Gasteiger partial charge in [-0.1, -0.05) is 42.5 Å². The fourth-order valence-corrected chi connectivity index (χ4v) is 3.55. The van der Waals surface area contributed by atoms with Crippen LogP contribution in [-0.4, -0.2) is 36.4 Å². The van der Waals surface area contributed by atoms with Crippen molar-refractivity contribution in [3.63, 3.8) is 0 Å². The number of amides is 2. The van der Waals surface area contributed by atoms with E-state index in [1.807, 2.05) is 42.5 Å². The van der Waals surface area contributed by atoms with Crippen LogP contribution in [0.3, 0.4) is 0 Å². The second kappa shape index (κ2) is 8.31. The monoisotopic (exact) mass is 392 g/mol. The Morgan fingerprint density at radius 2 is 1.93 bits per heavy atom. The molecule has 0 bridgehead atoms. The summed E-state index contributed by atoms with van der Waals surface area (Å²) in [4.78, 5) is 26.2. The number of ether oxygens (including phenoxy) is 1. The Bertz CT molecular complexity index is 1060. The zero-order chi connectivity index (χ0) is 20.2. The SMILES string of the molecule is O=C(Cc1cccc2ccccc12)NCCN1Cc2cc(F)ccc2OCC1=O. The summed E-state index contributed by atoms with van der Waals surface area (Å²) >= 11 is 0. The first-order valence-electron chi connectivity index (χ1n) is 9.52. The number of hydrogen-bond donors (Lipinski definition) is 1. The van der Waals surface area contributed by atoms with E-state index in [0.717, 1.165) is 16.3 Å². The van der Waals surface area contributed by atoms with Crippen LogP contribution in [0.2, 0.25) is 0 Å². The predicted octanol–water partition coefficient (Wildman–Crippen LogP) is 3.06. The minimum atomic E-state index is -0.370. The molecule has 0 fully saturated rings. The minimum absolute atomic E-state index is 0.0947. The van der Waals surface area contributed by atoms with E-state index in [1.165, 1.54) is 18.2 Å². The summed E-state index contributed by atoms with van der Waals surface area (Å²) < 4.78 is 19.0. The molecule has 6 heteroatoms. The molecule has 3 aromatic rings. The number of nitrogens with one attached hydrogen (secondary N) is 1. The lowest BCUT2D eigenvalue weighted by atomic mass is 10.0. The van der Waals surface area contributed by atoms with Crippen molar-refractivity contribution in [2.45, 2.75) is 13.0 Å². The molecule has 2 amide bonds. The first-order valence-corrected chi connectivity index (χ1v) is 9.52. The zero-order valence-corrected chi connectivity index (χ0v) is 15.9. The van der Waals surface area contributed by atoms with Crippen LogP contribution in [0.1, 0.15) is 11.1 Å². The maximum atomic E-state index is 13.5. The average molecular weight is 392 g/mol. The molecular weight excluding hydrogens is 371 g/mol. The fourth-order valence-electron chi connectivity index (χ4n) is 3.55. The van der Waals surface area contributed by atoms with Crippen LogP contribution in [0.15, 0.2) is 60.7 Å². The van der Waals surface area contributed by atoms with Gasteiger partial charge in [0.25, 0.3) is 5.91 Å². The van der Waals surface area contributed by atoms with E-state index in [1.54, 1.807) is 4.90 Å². The largest absolute Gasteiger partial charge is 0.483 e. The van der Waals surface area contributed by atoms with Crippen molar-refractivity contribution in [2.24, 2.45) is 0 Å². The van der Waals surface area contributed by atoms with E-state index < -0.39 is 0 Å². The highest BCUT2D eigenvalue weighted by Crippen LogP contribution is 2.24. The van der Waals surface area contributed by atoms with Crippen molar-refractivity contribution in [1.82, 2.24) is 10.2 Å². The third-order valence-corrected chi connectivity index (χ3v) is 5.02. The van der Waals surface area contributed by atoms with Crippen molar-refractivity contribution in [3.05, 3.63) is 77.6 Å². The number of benzene rings is 3. The van der Waals surface area contributed by atoms with Crippen LogP contribution >= 0.6 is 0 Å². The summed E-state index contributed by atoms with van der Waals surface area (Å²) in [6.45, 7) is 0.813. The van der Waals surface area contributed by atoms with Crippen LogP contribution in [0.25, 0.3) is 10.8 Å². The lowest BCUT2D eigenvalue weighted by Crippen LogP contribution is -2.39. The van der Waals surface area contributed by atoms with Gasteiger partial charge in [-0.25, -0.2) is 4.39 Å². The smallest absolute Gasteiger partial charge is 0.260 e. The highest BCUT2D eigenvalue weighted by atomic mass is 19.1. The van der Waals surface area contributed by atoms with Crippen molar-refractivity contribution >= 4 is 22.6 Å². The molecule has 1 N–H and O–H groups in total. The topological polar surface area (TPSA) is 58.6 Å². The van der Waals surface area contributed by atoms with Gasteiger partial charge in [0.2, 0.25) is 5.91 Å². The highest BCUT2D eigenvalue weighted by molar-refractivity contribution is 5.90. The number of halogens is 1. The summed E-state index contributed by atoms with van der Waals surface area (Å²) in [7, 11) is 0. The molecule has 0 saturated carbocycles. The van der Waals surface area contributed by atoms with Crippen LogP contribution in [-0.2, 0) is 22.6 Å². The maximum Gasteiger partial charge on any atom is 0.260 e. The van der Waals surface area contributed by atoms with E-state index in [9.17, 15) is 14.0 Å². The number of hydrogen-bond acceptors (Lipinski definition) is 3. The molecule has 0 aromatic heterocycles. The van der Waals surface area contributed by atoms with E-state index in [-0.39, 0.29) is 37.2 Å². The molecule has 0 radical (unpaired) electrons. The van der Waals surface area contributed by atoms with Crippen molar-refractivity contribution in [3.8, 4) is 5.75 Å². The maximum absolute atomic E-state index is 13.5. The van der Waals surface area contributed by atoms with Crippen LogP contribution < -0.4 is 10.1 Å². The van der Waals surface area contributed by atoms with Gasteiger partial charge in [-0.3, -0.25) is 9.59 Å². The van der Waals surface area contributed by atoms with Crippen molar-refractivity contribution in [2.75, 3.05) is 19.7 Å². The van der Waals surface area contributed by atoms with E-state index in [4.69, 9.17) is 4.74 Å². The molecule has 0 unspecified atom stereocenters. The summed E-state index contributed by atoms with van der Waals surface area (Å²) in [6, 6.07) is 18.1. The Hall–Kier alpha value is -3.41. The van der Waals surface area contributed by atoms with E-state index >= 15 is 0 Å². The molecule has 1 aliphatic heterocycles. The third-order valence-electron chi connectivity index (χ3n) is 5.02. The average Bonchev–Trinajstić information content (AvgIpc) is 2.87. The summed E-state index contributed by atoms with van der Waals surface area (Å²) in [6.07, 6.45) is 0.270. The first-order chi connectivity index (χ1) is 14.1. The van der Waals surface area contributed by atoms with E-state index in [2.05, 4.69) is 5.32 Å². The third kappa shape index (κ3) is 4.37. The standard InChI is InChI=1S/C23H21FN2O3/c24-19-8-9-21-18(12-19)14-26(23(28)15-29-21)11-10-25-22(27)13-17-6-3-5-16-4-1-2-7-20(16)17/h1-9,12H,10-11,13-15H2,(H,25,27). The highest BCUT2D eigenvalue weighted by Gasteiger charge is 2.21. The van der Waals surface area contributed by atoms with Crippen LogP contribution in [0.4, 0.5) is 4.39 Å². The van der Waals surface area contributed by atoms with Gasteiger partial charge in [0, 0.05) is 25.2 Å². The minimum Gasteiger partial charge on any atom is -0.483 e. The first kappa shape index (κ1) is 18.9. The zero-order valence-electron chi connectivity index (χ0n) is 15.9. The van der Waals surface area contributed by atoms with Gasteiger partial charge < -0.3 is 15.0 Å². The normalized spacial score (nSPS) is 13.6. The molecule has 4 rings (SSSR count). The Kier molecular flexibility index (Phi) is 5.42. The number of carbonyl (C=O) groups excluding carboxylic acids is 2. The molecular formula is C23H21FN2O3. The molecule has 0 atom stereocenters. The Morgan fingerprint density at radius 3 is 2.83 bits per heavy atom. The summed E-state index contributed by atoms with van der Waals surface area (Å²) in [5.74, 6) is -0.150. The molecule has 1 heterocycles. The van der Waals surface area contributed by atoms with Gasteiger partial charge in [-0.05, 0) is 34.5 Å². The number of carbonyl (C=O) groups is 2. The summed E-state index contributed by atoms with van der Waals surface area (Å²) in [5, 5.41) is 5.03. The van der Waals surface area contributed by atoms with Crippen molar-refractivity contribution in [1.29, 1.82) is 0 Å². The number of nitrogens with zero attached hydrogens (tertiary/aromatic N) is 1. The molecule has 29 heavy (non-hydrogen) atoms. The Labute approximate surface area is 168 Å². The molecule has 148 valence electrons. The quantitative estimate of drug-likeness (QED) is 0.726. The van der Waals surface area contributed by atoms with Crippen molar-refractivity contribution < 1.29 is 18.7 Å². The molecule has 1 aliphatic rings. The van der Waals surface area contributed by atoms with Crippen LogP contribution in [0, 0.1) is 5.82 Å². The predicted molar refractivity (Wildman–Crippen MR) is 108 cm³/mol. The Balaban J connectivity index is 1.35.